The zero-order chi connectivity index (χ0) is 16.4. The van der Waals surface area contributed by atoms with Gasteiger partial charge in [0.2, 0.25) is 0 Å². The minimum atomic E-state index is -4.08. The van der Waals surface area contributed by atoms with E-state index in [1.165, 1.54) is 11.0 Å². The zero-order valence-corrected chi connectivity index (χ0v) is 14.9. The van der Waals surface area contributed by atoms with Gasteiger partial charge in [0.25, 0.3) is 15.0 Å². The second-order valence-electron chi connectivity index (χ2n) is 5.12. The average molecular weight is 373 g/mol. The summed E-state index contributed by atoms with van der Waals surface area (Å²) in [7, 11) is 2.86. The highest BCUT2D eigenvalue weighted by atomic mass is 35.7. The van der Waals surface area contributed by atoms with Crippen molar-refractivity contribution in [3.8, 4) is 0 Å². The van der Waals surface area contributed by atoms with Gasteiger partial charge >= 0.3 is 0 Å². The van der Waals surface area contributed by atoms with Crippen LogP contribution in [0, 0.1) is 5.92 Å². The number of benzene rings is 1. The van der Waals surface area contributed by atoms with Gasteiger partial charge in [-0.25, -0.2) is 8.42 Å². The maximum absolute atomic E-state index is 12.3. The molecule has 0 heterocycles. The smallest absolute Gasteiger partial charge is 0.262 e. The van der Waals surface area contributed by atoms with Crippen LogP contribution in [0.5, 0.6) is 0 Å². The molecule has 4 nitrogen and oxygen atoms in total. The monoisotopic (exact) mass is 371 g/mol. The summed E-state index contributed by atoms with van der Waals surface area (Å²) in [6, 6.07) is 2.48. The molecular weight excluding hydrogens is 357 g/mol. The quantitative estimate of drug-likeness (QED) is 0.733. The van der Waals surface area contributed by atoms with E-state index in [0.29, 0.717) is 12.5 Å². The first-order chi connectivity index (χ1) is 9.54. The fourth-order valence-electron chi connectivity index (χ4n) is 1.64. The fourth-order valence-corrected chi connectivity index (χ4v) is 3.40. The minimum absolute atomic E-state index is 0.0287. The van der Waals surface area contributed by atoms with Crippen LogP contribution in [0.1, 0.15) is 30.6 Å². The van der Waals surface area contributed by atoms with Crippen molar-refractivity contribution in [3.05, 3.63) is 27.7 Å². The highest BCUT2D eigenvalue weighted by Crippen LogP contribution is 2.33. The molecule has 21 heavy (non-hydrogen) atoms. The number of amides is 1. The maximum atomic E-state index is 12.3. The van der Waals surface area contributed by atoms with E-state index in [-0.39, 0.29) is 26.4 Å². The van der Waals surface area contributed by atoms with E-state index in [1.807, 2.05) is 0 Å². The third kappa shape index (κ3) is 5.02. The van der Waals surface area contributed by atoms with Crippen LogP contribution < -0.4 is 0 Å². The summed E-state index contributed by atoms with van der Waals surface area (Å²) in [4.78, 5) is 13.4. The lowest BCUT2D eigenvalue weighted by Crippen LogP contribution is -2.28. The normalized spacial score (nSPS) is 11.8. The van der Waals surface area contributed by atoms with E-state index in [1.54, 1.807) is 7.05 Å². The van der Waals surface area contributed by atoms with Gasteiger partial charge in [-0.15, -0.1) is 0 Å². The number of carbonyl (C=O) groups is 1. The number of rotatable bonds is 5. The Bertz CT molecular complexity index is 644. The lowest BCUT2D eigenvalue weighted by atomic mass is 10.1. The Morgan fingerprint density at radius 2 is 1.86 bits per heavy atom. The molecule has 1 aromatic carbocycles. The van der Waals surface area contributed by atoms with Gasteiger partial charge in [0.15, 0.2) is 0 Å². The van der Waals surface area contributed by atoms with Crippen molar-refractivity contribution in [2.75, 3.05) is 13.6 Å². The van der Waals surface area contributed by atoms with Gasteiger partial charge in [0.05, 0.1) is 10.0 Å². The topological polar surface area (TPSA) is 54.5 Å². The fraction of sp³-hybridized carbons (Fsp3) is 0.462. The van der Waals surface area contributed by atoms with Crippen LogP contribution in [0.2, 0.25) is 10.0 Å². The van der Waals surface area contributed by atoms with Gasteiger partial charge in [-0.2, -0.15) is 0 Å². The van der Waals surface area contributed by atoms with Gasteiger partial charge in [-0.05, 0) is 24.5 Å². The molecule has 1 aromatic rings. The standard InChI is InChI=1S/C13H16Cl3NO3S/c1-8(2)4-5-17(3)13(18)9-6-10(14)12(15)11(7-9)21(16,19)20/h6-8H,4-5H2,1-3H3. The predicted octanol–water partition coefficient (Wildman–Crippen LogP) is 4.04. The highest BCUT2D eigenvalue weighted by molar-refractivity contribution is 8.13. The Kier molecular flexibility index (Phi) is 6.35. The molecule has 0 saturated carbocycles. The molecule has 0 radical (unpaired) electrons. The van der Waals surface area contributed by atoms with Crippen LogP contribution in [0.15, 0.2) is 17.0 Å². The van der Waals surface area contributed by atoms with E-state index < -0.39 is 9.05 Å². The lowest BCUT2D eigenvalue weighted by Gasteiger charge is -2.19. The Morgan fingerprint density at radius 1 is 1.29 bits per heavy atom. The van der Waals surface area contributed by atoms with Crippen molar-refractivity contribution in [2.24, 2.45) is 5.92 Å². The molecule has 0 atom stereocenters. The largest absolute Gasteiger partial charge is 0.342 e. The van der Waals surface area contributed by atoms with Crippen LogP contribution in [-0.4, -0.2) is 32.8 Å². The first-order valence-corrected chi connectivity index (χ1v) is 9.29. The van der Waals surface area contributed by atoms with Crippen LogP contribution in [0.25, 0.3) is 0 Å². The summed E-state index contributed by atoms with van der Waals surface area (Å²) in [5.74, 6) is 0.114. The molecule has 0 unspecified atom stereocenters. The average Bonchev–Trinajstić information content (AvgIpc) is 2.36. The SMILES string of the molecule is CC(C)CCN(C)C(=O)c1cc(Cl)c(Cl)c(S(=O)(=O)Cl)c1. The molecule has 0 spiro atoms. The Hall–Kier alpha value is -0.490. The number of hydrogen-bond donors (Lipinski definition) is 0. The second-order valence-corrected chi connectivity index (χ2v) is 8.44. The molecule has 0 aliphatic heterocycles. The molecular formula is C13H16Cl3NO3S. The van der Waals surface area contributed by atoms with E-state index in [0.717, 1.165) is 12.5 Å². The summed E-state index contributed by atoms with van der Waals surface area (Å²) in [6.07, 6.45) is 0.838. The van der Waals surface area contributed by atoms with E-state index >= 15 is 0 Å². The van der Waals surface area contributed by atoms with Crippen LogP contribution in [-0.2, 0) is 9.05 Å². The lowest BCUT2D eigenvalue weighted by molar-refractivity contribution is 0.0789. The molecule has 0 aliphatic rings. The number of carbonyl (C=O) groups excluding carboxylic acids is 1. The van der Waals surface area contributed by atoms with Gasteiger partial charge in [-0.3, -0.25) is 4.79 Å². The first kappa shape index (κ1) is 18.6. The zero-order valence-electron chi connectivity index (χ0n) is 11.9. The number of nitrogens with zero attached hydrogens (tertiary/aromatic N) is 1. The number of halogens is 3. The van der Waals surface area contributed by atoms with Gasteiger partial charge in [-0.1, -0.05) is 37.0 Å². The molecule has 1 amide bonds. The Morgan fingerprint density at radius 3 is 2.33 bits per heavy atom. The highest BCUT2D eigenvalue weighted by Gasteiger charge is 2.22. The molecule has 8 heteroatoms. The van der Waals surface area contributed by atoms with Crippen molar-refractivity contribution < 1.29 is 13.2 Å². The van der Waals surface area contributed by atoms with Crippen molar-refractivity contribution in [1.29, 1.82) is 0 Å². The minimum Gasteiger partial charge on any atom is -0.342 e. The van der Waals surface area contributed by atoms with Crippen molar-refractivity contribution in [1.82, 2.24) is 4.90 Å². The summed E-state index contributed by atoms with van der Waals surface area (Å²) in [5.41, 5.74) is 0.134. The Labute approximate surface area is 139 Å². The van der Waals surface area contributed by atoms with Crippen LogP contribution in [0.3, 0.4) is 0 Å². The molecule has 1 rings (SSSR count). The first-order valence-electron chi connectivity index (χ1n) is 6.23. The summed E-state index contributed by atoms with van der Waals surface area (Å²) in [5, 5.41) is -0.216. The third-order valence-corrected chi connectivity index (χ3v) is 5.15. The van der Waals surface area contributed by atoms with Gasteiger partial charge in [0.1, 0.15) is 4.90 Å². The summed E-state index contributed by atoms with van der Waals surface area (Å²) >= 11 is 11.7. The number of hydrogen-bond acceptors (Lipinski definition) is 3. The van der Waals surface area contributed by atoms with E-state index in [4.69, 9.17) is 33.9 Å². The van der Waals surface area contributed by atoms with Gasteiger partial charge in [0, 0.05) is 29.8 Å². The second kappa shape index (κ2) is 7.18. The van der Waals surface area contributed by atoms with E-state index in [9.17, 15) is 13.2 Å². The summed E-state index contributed by atoms with van der Waals surface area (Å²) < 4.78 is 22.9. The predicted molar refractivity (Wildman–Crippen MR) is 85.9 cm³/mol. The third-order valence-electron chi connectivity index (χ3n) is 2.89. The van der Waals surface area contributed by atoms with Crippen LogP contribution >= 0.6 is 33.9 Å². The maximum Gasteiger partial charge on any atom is 0.262 e. The molecule has 0 bridgehead atoms. The molecule has 0 aromatic heterocycles. The van der Waals surface area contributed by atoms with E-state index in [2.05, 4.69) is 13.8 Å². The molecule has 0 saturated heterocycles. The Balaban J connectivity index is 3.14. The van der Waals surface area contributed by atoms with Crippen molar-refractivity contribution >= 4 is 48.8 Å². The van der Waals surface area contributed by atoms with Crippen LogP contribution in [0.4, 0.5) is 0 Å². The molecule has 0 aliphatic carbocycles. The molecule has 0 fully saturated rings. The summed E-state index contributed by atoms with van der Waals surface area (Å²) in [6.45, 7) is 4.66. The van der Waals surface area contributed by atoms with Gasteiger partial charge < -0.3 is 4.90 Å². The van der Waals surface area contributed by atoms with Crippen molar-refractivity contribution in [2.45, 2.75) is 25.2 Å². The molecule has 118 valence electrons. The molecule has 0 N–H and O–H groups in total. The van der Waals surface area contributed by atoms with Crippen molar-refractivity contribution in [3.63, 3.8) is 0 Å².